The van der Waals surface area contributed by atoms with E-state index in [2.05, 4.69) is 0 Å². The minimum absolute atomic E-state index is 0. The number of fused-ring (bicyclic) bond motifs is 1. The average Bonchev–Trinajstić information content (AvgIpc) is 2.61. The highest BCUT2D eigenvalue weighted by Crippen LogP contribution is 2.87. The highest BCUT2D eigenvalue weighted by atomic mass is 35.5. The Bertz CT molecular complexity index is 140. The Balaban J connectivity index is 0.000000333. The van der Waals surface area contributed by atoms with Crippen LogP contribution in [0.1, 0.15) is 25.7 Å². The van der Waals surface area contributed by atoms with Crippen molar-refractivity contribution < 1.29 is 0 Å². The summed E-state index contributed by atoms with van der Waals surface area (Å²) in [5.74, 6) is 0. The standard InChI is InChI=1S/C7H11N.ClH/c8-5-6(1-2-6)7(5)3-4-7;/h5H,1-4,8H2;1H. The summed E-state index contributed by atoms with van der Waals surface area (Å²) >= 11 is 0. The van der Waals surface area contributed by atoms with Crippen LogP contribution in [0.2, 0.25) is 0 Å². The summed E-state index contributed by atoms with van der Waals surface area (Å²) in [7, 11) is 0. The lowest BCUT2D eigenvalue weighted by Crippen LogP contribution is -2.03. The second kappa shape index (κ2) is 1.17. The molecule has 0 heterocycles. The van der Waals surface area contributed by atoms with E-state index >= 15 is 0 Å². The summed E-state index contributed by atoms with van der Waals surface area (Å²) in [5, 5.41) is 0. The predicted molar refractivity (Wildman–Crippen MR) is 38.6 cm³/mol. The van der Waals surface area contributed by atoms with Crippen LogP contribution in [-0.4, -0.2) is 6.04 Å². The molecule has 0 bridgehead atoms. The first-order chi connectivity index (χ1) is 3.82. The van der Waals surface area contributed by atoms with E-state index in [4.69, 9.17) is 5.73 Å². The van der Waals surface area contributed by atoms with E-state index in [1.54, 1.807) is 0 Å². The van der Waals surface area contributed by atoms with Crippen LogP contribution >= 0.6 is 12.4 Å². The Morgan fingerprint density at radius 3 is 1.44 bits per heavy atom. The Hall–Kier alpha value is 0.250. The second-order valence-electron chi connectivity index (χ2n) is 3.79. The van der Waals surface area contributed by atoms with Crippen molar-refractivity contribution in [1.29, 1.82) is 0 Å². The molecule has 0 aromatic rings. The molecule has 3 fully saturated rings. The van der Waals surface area contributed by atoms with Crippen molar-refractivity contribution in [1.82, 2.24) is 0 Å². The third-order valence-corrected chi connectivity index (χ3v) is 3.68. The first-order valence-corrected chi connectivity index (χ1v) is 3.57. The minimum Gasteiger partial charge on any atom is -0.327 e. The van der Waals surface area contributed by atoms with Crippen molar-refractivity contribution in [3.05, 3.63) is 0 Å². The molecule has 0 amide bonds. The molecule has 3 aliphatic rings. The normalized spacial score (nSPS) is 44.3. The van der Waals surface area contributed by atoms with E-state index in [1.165, 1.54) is 25.7 Å². The van der Waals surface area contributed by atoms with Crippen LogP contribution in [0.25, 0.3) is 0 Å². The number of halogens is 1. The van der Waals surface area contributed by atoms with Crippen LogP contribution in [0, 0.1) is 10.8 Å². The van der Waals surface area contributed by atoms with Gasteiger partial charge in [-0.1, -0.05) is 0 Å². The Kier molecular flexibility index (Phi) is 0.779. The van der Waals surface area contributed by atoms with E-state index in [-0.39, 0.29) is 12.4 Å². The van der Waals surface area contributed by atoms with Gasteiger partial charge in [0.05, 0.1) is 0 Å². The van der Waals surface area contributed by atoms with E-state index in [0.29, 0.717) is 6.04 Å². The maximum atomic E-state index is 5.90. The van der Waals surface area contributed by atoms with Crippen molar-refractivity contribution in [2.75, 3.05) is 0 Å². The summed E-state index contributed by atoms with van der Waals surface area (Å²) in [6, 6.07) is 0.634. The van der Waals surface area contributed by atoms with Gasteiger partial charge < -0.3 is 5.73 Å². The van der Waals surface area contributed by atoms with Crippen LogP contribution < -0.4 is 5.73 Å². The van der Waals surface area contributed by atoms with E-state index in [9.17, 15) is 0 Å². The Morgan fingerprint density at radius 2 is 1.33 bits per heavy atom. The van der Waals surface area contributed by atoms with E-state index in [1.807, 2.05) is 0 Å². The van der Waals surface area contributed by atoms with Gasteiger partial charge in [0, 0.05) is 6.04 Å². The number of nitrogens with two attached hydrogens (primary N) is 1. The molecule has 1 nitrogen and oxygen atoms in total. The number of hydrogen-bond donors (Lipinski definition) is 1. The monoisotopic (exact) mass is 145 g/mol. The molecule has 0 aromatic heterocycles. The maximum absolute atomic E-state index is 5.90. The smallest absolute Gasteiger partial charge is 0.0164 e. The summed E-state index contributed by atoms with van der Waals surface area (Å²) in [6.45, 7) is 0. The SMILES string of the molecule is Cl.NC1C2(CC2)C12CC2. The molecule has 3 saturated carbocycles. The van der Waals surface area contributed by atoms with Crippen LogP contribution in [0.4, 0.5) is 0 Å². The van der Waals surface area contributed by atoms with Crippen molar-refractivity contribution in [3.8, 4) is 0 Å². The Labute approximate surface area is 61.4 Å². The predicted octanol–water partition coefficient (Wildman–Crippen LogP) is 1.31. The van der Waals surface area contributed by atoms with Gasteiger partial charge in [-0.2, -0.15) is 0 Å². The maximum Gasteiger partial charge on any atom is 0.0164 e. The molecule has 0 radical (unpaired) electrons. The zero-order valence-corrected chi connectivity index (χ0v) is 6.21. The lowest BCUT2D eigenvalue weighted by atomic mass is 10.3. The molecule has 0 aliphatic heterocycles. The third-order valence-electron chi connectivity index (χ3n) is 3.68. The number of rotatable bonds is 0. The molecule has 2 N–H and O–H groups in total. The van der Waals surface area contributed by atoms with E-state index < -0.39 is 0 Å². The summed E-state index contributed by atoms with van der Waals surface area (Å²) in [5.41, 5.74) is 7.39. The molecule has 0 aromatic carbocycles. The average molecular weight is 146 g/mol. The van der Waals surface area contributed by atoms with Gasteiger partial charge in [-0.25, -0.2) is 0 Å². The van der Waals surface area contributed by atoms with Gasteiger partial charge in [0.1, 0.15) is 0 Å². The van der Waals surface area contributed by atoms with Gasteiger partial charge in [0.25, 0.3) is 0 Å². The summed E-state index contributed by atoms with van der Waals surface area (Å²) in [6.07, 6.45) is 5.81. The molecule has 9 heavy (non-hydrogen) atoms. The number of hydrogen-bond acceptors (Lipinski definition) is 1. The van der Waals surface area contributed by atoms with Crippen molar-refractivity contribution >= 4 is 12.4 Å². The van der Waals surface area contributed by atoms with Crippen LogP contribution in [0.3, 0.4) is 0 Å². The quantitative estimate of drug-likeness (QED) is 0.547. The van der Waals surface area contributed by atoms with E-state index in [0.717, 1.165) is 10.8 Å². The largest absolute Gasteiger partial charge is 0.327 e. The molecule has 2 spiro atoms. The van der Waals surface area contributed by atoms with Gasteiger partial charge in [0.15, 0.2) is 0 Å². The van der Waals surface area contributed by atoms with Gasteiger partial charge in [-0.15, -0.1) is 12.4 Å². The lowest BCUT2D eigenvalue weighted by molar-refractivity contribution is 0.716. The molecular weight excluding hydrogens is 134 g/mol. The van der Waals surface area contributed by atoms with Crippen molar-refractivity contribution in [3.63, 3.8) is 0 Å². The van der Waals surface area contributed by atoms with Gasteiger partial charge in [0.2, 0.25) is 0 Å². The molecule has 3 rings (SSSR count). The van der Waals surface area contributed by atoms with Gasteiger partial charge in [-0.05, 0) is 36.5 Å². The molecule has 0 saturated heterocycles. The molecule has 0 atom stereocenters. The zero-order valence-electron chi connectivity index (χ0n) is 5.39. The Morgan fingerprint density at radius 1 is 1.00 bits per heavy atom. The van der Waals surface area contributed by atoms with Crippen LogP contribution in [0.15, 0.2) is 0 Å². The molecule has 3 aliphatic carbocycles. The van der Waals surface area contributed by atoms with Gasteiger partial charge in [-0.3, -0.25) is 0 Å². The first-order valence-electron chi connectivity index (χ1n) is 3.57. The first kappa shape index (κ1) is 5.99. The fourth-order valence-corrected chi connectivity index (χ4v) is 2.66. The molecule has 52 valence electrons. The molecule has 0 unspecified atom stereocenters. The minimum atomic E-state index is 0. The topological polar surface area (TPSA) is 26.0 Å². The third kappa shape index (κ3) is 0.377. The second-order valence-corrected chi connectivity index (χ2v) is 3.79. The molecule has 2 heteroatoms. The zero-order chi connectivity index (χ0) is 5.41. The van der Waals surface area contributed by atoms with Crippen LogP contribution in [0.5, 0.6) is 0 Å². The highest BCUT2D eigenvalue weighted by molar-refractivity contribution is 5.85. The highest BCUT2D eigenvalue weighted by Gasteiger charge is 2.85. The van der Waals surface area contributed by atoms with Crippen molar-refractivity contribution in [2.24, 2.45) is 16.6 Å². The van der Waals surface area contributed by atoms with Crippen LogP contribution in [-0.2, 0) is 0 Å². The summed E-state index contributed by atoms with van der Waals surface area (Å²) < 4.78 is 0. The fraction of sp³-hybridized carbons (Fsp3) is 1.00. The lowest BCUT2D eigenvalue weighted by Gasteiger charge is -1.75. The fourth-order valence-electron chi connectivity index (χ4n) is 2.66. The summed E-state index contributed by atoms with van der Waals surface area (Å²) in [4.78, 5) is 0. The van der Waals surface area contributed by atoms with Gasteiger partial charge >= 0.3 is 0 Å². The van der Waals surface area contributed by atoms with Crippen molar-refractivity contribution in [2.45, 2.75) is 31.7 Å². The molecular formula is C7H12ClN.